The van der Waals surface area contributed by atoms with Crippen LogP contribution in [0.4, 0.5) is 13.2 Å². The molecule has 2 aromatic heterocycles. The van der Waals surface area contributed by atoms with E-state index in [0.717, 1.165) is 36.5 Å². The van der Waals surface area contributed by atoms with Crippen molar-refractivity contribution in [3.63, 3.8) is 0 Å². The molecular weight excluding hydrogens is 285 g/mol. The fraction of sp³-hybridized carbons (Fsp3) is 0.538. The maximum absolute atomic E-state index is 12.7. The number of hydrogen-bond acceptors (Lipinski definition) is 4. The molecule has 0 amide bonds. The molecular formula is C13H15F3N4O. The van der Waals surface area contributed by atoms with Gasteiger partial charge in [0.1, 0.15) is 5.52 Å². The summed E-state index contributed by atoms with van der Waals surface area (Å²) in [5.74, 6) is 0.742. The molecule has 1 unspecified atom stereocenters. The van der Waals surface area contributed by atoms with Gasteiger partial charge in [-0.3, -0.25) is 0 Å². The van der Waals surface area contributed by atoms with Gasteiger partial charge in [0.15, 0.2) is 5.69 Å². The van der Waals surface area contributed by atoms with Gasteiger partial charge in [0.2, 0.25) is 5.88 Å². The zero-order chi connectivity index (χ0) is 14.9. The highest BCUT2D eigenvalue weighted by Gasteiger charge is 2.34. The first-order valence-electron chi connectivity index (χ1n) is 6.79. The minimum Gasteiger partial charge on any atom is -0.476 e. The van der Waals surface area contributed by atoms with E-state index in [9.17, 15) is 13.2 Å². The van der Waals surface area contributed by atoms with Crippen LogP contribution < -0.4 is 10.1 Å². The van der Waals surface area contributed by atoms with E-state index in [0.29, 0.717) is 12.5 Å². The highest BCUT2D eigenvalue weighted by molar-refractivity contribution is 5.56. The summed E-state index contributed by atoms with van der Waals surface area (Å²) in [5, 5.41) is 6.75. The summed E-state index contributed by atoms with van der Waals surface area (Å²) in [4.78, 5) is 4.00. The van der Waals surface area contributed by atoms with E-state index < -0.39 is 11.9 Å². The average molecular weight is 300 g/mol. The second kappa shape index (κ2) is 5.51. The quantitative estimate of drug-likeness (QED) is 0.940. The Hall–Kier alpha value is -1.83. The normalized spacial score (nSPS) is 19.3. The van der Waals surface area contributed by atoms with Crippen LogP contribution in [-0.2, 0) is 6.18 Å². The van der Waals surface area contributed by atoms with Crippen LogP contribution in [0, 0.1) is 5.92 Å². The standard InChI is InChI=1S/C13H15F3N4O/c14-13(15,16)11-7-10-12(18-4-5-20(10)19-11)21-6-2-9-1-3-17-8-9/h4-5,7,9,17H,1-3,6,8H2. The van der Waals surface area contributed by atoms with Crippen LogP contribution in [0.2, 0.25) is 0 Å². The van der Waals surface area contributed by atoms with E-state index in [1.165, 1.54) is 12.4 Å². The molecule has 0 aromatic carbocycles. The minimum absolute atomic E-state index is 0.187. The van der Waals surface area contributed by atoms with Crippen molar-refractivity contribution < 1.29 is 17.9 Å². The van der Waals surface area contributed by atoms with E-state index in [4.69, 9.17) is 4.74 Å². The topological polar surface area (TPSA) is 51.5 Å². The third-order valence-electron chi connectivity index (χ3n) is 3.57. The van der Waals surface area contributed by atoms with Crippen LogP contribution >= 0.6 is 0 Å². The van der Waals surface area contributed by atoms with E-state index in [1.54, 1.807) is 0 Å². The lowest BCUT2D eigenvalue weighted by Crippen LogP contribution is -2.12. The first kappa shape index (κ1) is 14.1. The van der Waals surface area contributed by atoms with Gasteiger partial charge >= 0.3 is 6.18 Å². The Kier molecular flexibility index (Phi) is 3.71. The largest absolute Gasteiger partial charge is 0.476 e. The van der Waals surface area contributed by atoms with Crippen molar-refractivity contribution in [2.45, 2.75) is 19.0 Å². The van der Waals surface area contributed by atoms with Crippen molar-refractivity contribution in [2.24, 2.45) is 5.92 Å². The van der Waals surface area contributed by atoms with Crippen LogP contribution in [0.5, 0.6) is 5.88 Å². The Bertz CT molecular complexity index is 619. The van der Waals surface area contributed by atoms with Crippen molar-refractivity contribution in [2.75, 3.05) is 19.7 Å². The summed E-state index contributed by atoms with van der Waals surface area (Å²) in [7, 11) is 0. The summed E-state index contributed by atoms with van der Waals surface area (Å²) >= 11 is 0. The number of alkyl halides is 3. The Labute approximate surface area is 119 Å². The van der Waals surface area contributed by atoms with Crippen LogP contribution in [0.15, 0.2) is 18.5 Å². The lowest BCUT2D eigenvalue weighted by atomic mass is 10.1. The molecule has 3 rings (SSSR count). The van der Waals surface area contributed by atoms with Gasteiger partial charge < -0.3 is 10.1 Å². The molecule has 1 saturated heterocycles. The van der Waals surface area contributed by atoms with Gasteiger partial charge in [-0.25, -0.2) is 9.50 Å². The molecule has 0 bridgehead atoms. The Morgan fingerprint density at radius 2 is 2.29 bits per heavy atom. The van der Waals surface area contributed by atoms with Crippen LogP contribution in [-0.4, -0.2) is 34.3 Å². The number of hydrogen-bond donors (Lipinski definition) is 1. The molecule has 114 valence electrons. The molecule has 21 heavy (non-hydrogen) atoms. The van der Waals surface area contributed by atoms with Crippen LogP contribution in [0.3, 0.4) is 0 Å². The highest BCUT2D eigenvalue weighted by Crippen LogP contribution is 2.30. The second-order valence-electron chi connectivity index (χ2n) is 5.09. The smallest absolute Gasteiger partial charge is 0.435 e. The summed E-state index contributed by atoms with van der Waals surface area (Å²) in [6, 6.07) is 0.958. The molecule has 0 radical (unpaired) electrons. The van der Waals surface area contributed by atoms with Gasteiger partial charge in [0.25, 0.3) is 0 Å². The summed E-state index contributed by atoms with van der Waals surface area (Å²) in [6.07, 6.45) is 0.242. The molecule has 2 aromatic rings. The molecule has 8 heteroatoms. The number of ether oxygens (including phenoxy) is 1. The van der Waals surface area contributed by atoms with E-state index in [2.05, 4.69) is 15.4 Å². The van der Waals surface area contributed by atoms with Gasteiger partial charge in [-0.2, -0.15) is 18.3 Å². The molecule has 5 nitrogen and oxygen atoms in total. The van der Waals surface area contributed by atoms with Crippen molar-refractivity contribution >= 4 is 5.52 Å². The fourth-order valence-electron chi connectivity index (χ4n) is 2.43. The van der Waals surface area contributed by atoms with Crippen molar-refractivity contribution in [1.82, 2.24) is 19.9 Å². The third kappa shape index (κ3) is 3.10. The number of halogens is 3. The molecule has 1 aliphatic rings. The highest BCUT2D eigenvalue weighted by atomic mass is 19.4. The second-order valence-corrected chi connectivity index (χ2v) is 5.09. The number of fused-ring (bicyclic) bond motifs is 1. The maximum Gasteiger partial charge on any atom is 0.435 e. The Balaban J connectivity index is 1.73. The average Bonchev–Trinajstić information content (AvgIpc) is 3.06. The summed E-state index contributed by atoms with van der Waals surface area (Å²) < 4.78 is 44.7. The van der Waals surface area contributed by atoms with Gasteiger partial charge in [0, 0.05) is 18.5 Å². The SMILES string of the molecule is FC(F)(F)c1cc2c(OCCC3CCNC3)nccn2n1. The molecule has 3 heterocycles. The van der Waals surface area contributed by atoms with E-state index in [-0.39, 0.29) is 11.4 Å². The molecule has 0 saturated carbocycles. The number of aromatic nitrogens is 3. The molecule has 1 N–H and O–H groups in total. The number of rotatable bonds is 4. The van der Waals surface area contributed by atoms with Gasteiger partial charge in [-0.1, -0.05) is 0 Å². The first-order valence-corrected chi connectivity index (χ1v) is 6.79. The van der Waals surface area contributed by atoms with E-state index in [1.807, 2.05) is 0 Å². The van der Waals surface area contributed by atoms with Crippen molar-refractivity contribution in [1.29, 1.82) is 0 Å². The molecule has 1 aliphatic heterocycles. The predicted molar refractivity (Wildman–Crippen MR) is 69.1 cm³/mol. The zero-order valence-electron chi connectivity index (χ0n) is 11.2. The Morgan fingerprint density at radius 3 is 3.00 bits per heavy atom. The van der Waals surface area contributed by atoms with E-state index >= 15 is 0 Å². The third-order valence-corrected chi connectivity index (χ3v) is 3.57. The van der Waals surface area contributed by atoms with Crippen molar-refractivity contribution in [3.05, 3.63) is 24.2 Å². The maximum atomic E-state index is 12.7. The lowest BCUT2D eigenvalue weighted by Gasteiger charge is -2.09. The molecule has 1 fully saturated rings. The molecule has 0 aliphatic carbocycles. The lowest BCUT2D eigenvalue weighted by molar-refractivity contribution is -0.141. The fourth-order valence-corrected chi connectivity index (χ4v) is 2.43. The summed E-state index contributed by atoms with van der Waals surface area (Å²) in [6.45, 7) is 2.41. The van der Waals surface area contributed by atoms with Gasteiger partial charge in [0.05, 0.1) is 6.61 Å². The molecule has 1 atom stereocenters. The number of nitrogens with zero attached hydrogens (tertiary/aromatic N) is 3. The van der Waals surface area contributed by atoms with Crippen molar-refractivity contribution in [3.8, 4) is 5.88 Å². The first-order chi connectivity index (χ1) is 10.0. The number of nitrogens with one attached hydrogen (secondary N) is 1. The van der Waals surface area contributed by atoms with Gasteiger partial charge in [-0.05, 0) is 31.8 Å². The summed E-state index contributed by atoms with van der Waals surface area (Å²) in [5.41, 5.74) is -0.713. The molecule has 0 spiro atoms. The Morgan fingerprint density at radius 1 is 1.43 bits per heavy atom. The van der Waals surface area contributed by atoms with Crippen LogP contribution in [0.1, 0.15) is 18.5 Å². The predicted octanol–water partition coefficient (Wildman–Crippen LogP) is 2.13. The monoisotopic (exact) mass is 300 g/mol. The van der Waals surface area contributed by atoms with Gasteiger partial charge in [-0.15, -0.1) is 0 Å². The minimum atomic E-state index is -4.47. The van der Waals surface area contributed by atoms with Crippen LogP contribution in [0.25, 0.3) is 5.52 Å². The zero-order valence-corrected chi connectivity index (χ0v) is 11.2.